The number of carbonyl (C=O) groups excluding carboxylic acids is 2. The lowest BCUT2D eigenvalue weighted by atomic mass is 10.3. The van der Waals surface area contributed by atoms with Crippen molar-refractivity contribution < 1.29 is 19.1 Å². The van der Waals surface area contributed by atoms with Crippen molar-refractivity contribution in [2.24, 2.45) is 5.92 Å². The van der Waals surface area contributed by atoms with Crippen molar-refractivity contribution in [2.75, 3.05) is 23.8 Å². The molecule has 3 heterocycles. The summed E-state index contributed by atoms with van der Waals surface area (Å²) in [6.45, 7) is 1.24. The number of amides is 2. The van der Waals surface area contributed by atoms with E-state index in [0.717, 1.165) is 29.5 Å². The van der Waals surface area contributed by atoms with Crippen LogP contribution in [0, 0.1) is 5.92 Å². The van der Waals surface area contributed by atoms with Crippen LogP contribution in [0.1, 0.15) is 25.0 Å². The number of anilines is 2. The molecule has 150 valence electrons. The van der Waals surface area contributed by atoms with Crippen molar-refractivity contribution >= 4 is 55.0 Å². The first-order valence-corrected chi connectivity index (χ1v) is 11.1. The topological polar surface area (TPSA) is 102 Å². The zero-order valence-corrected chi connectivity index (χ0v) is 17.0. The van der Waals surface area contributed by atoms with E-state index in [4.69, 9.17) is 9.47 Å². The van der Waals surface area contributed by atoms with Crippen LogP contribution in [0.2, 0.25) is 0 Å². The van der Waals surface area contributed by atoms with Crippen LogP contribution < -0.4 is 20.1 Å². The van der Waals surface area contributed by atoms with Crippen molar-refractivity contribution in [2.45, 2.75) is 25.7 Å². The van der Waals surface area contributed by atoms with Gasteiger partial charge in [-0.15, -0.1) is 11.3 Å². The predicted molar refractivity (Wildman–Crippen MR) is 111 cm³/mol. The molecule has 1 saturated carbocycles. The largest absolute Gasteiger partial charge is 0.490 e. The molecular weight excluding hydrogens is 412 g/mol. The van der Waals surface area contributed by atoms with Crippen LogP contribution >= 0.6 is 22.7 Å². The second kappa shape index (κ2) is 7.60. The van der Waals surface area contributed by atoms with E-state index in [2.05, 4.69) is 20.6 Å². The van der Waals surface area contributed by atoms with Crippen molar-refractivity contribution in [3.05, 3.63) is 23.2 Å². The predicted octanol–water partition coefficient (Wildman–Crippen LogP) is 3.44. The number of nitrogens with one attached hydrogen (secondary N) is 2. The molecule has 1 aromatic carbocycles. The highest BCUT2D eigenvalue weighted by molar-refractivity contribution is 7.22. The number of aromatic nitrogens is 2. The molecular formula is C19H18N4O4S2. The molecule has 1 aliphatic heterocycles. The molecule has 0 radical (unpaired) electrons. The quantitative estimate of drug-likeness (QED) is 0.643. The Labute approximate surface area is 174 Å². The van der Waals surface area contributed by atoms with E-state index < -0.39 is 0 Å². The lowest BCUT2D eigenvalue weighted by Gasteiger charge is -2.05. The Bertz CT molecular complexity index is 1050. The monoisotopic (exact) mass is 430 g/mol. The van der Waals surface area contributed by atoms with Gasteiger partial charge in [0.25, 0.3) is 0 Å². The molecule has 1 aliphatic carbocycles. The van der Waals surface area contributed by atoms with Crippen LogP contribution in [0.25, 0.3) is 10.2 Å². The fourth-order valence-electron chi connectivity index (χ4n) is 2.96. The number of nitrogens with zero attached hydrogens (tertiary/aromatic N) is 2. The zero-order valence-electron chi connectivity index (χ0n) is 15.4. The molecule has 0 spiro atoms. The third kappa shape index (κ3) is 4.18. The van der Waals surface area contributed by atoms with Crippen molar-refractivity contribution in [1.82, 2.24) is 9.97 Å². The van der Waals surface area contributed by atoms with E-state index in [0.29, 0.717) is 40.7 Å². The molecule has 29 heavy (non-hydrogen) atoms. The Balaban J connectivity index is 1.24. The maximum absolute atomic E-state index is 12.4. The van der Waals surface area contributed by atoms with Gasteiger partial charge in [-0.2, -0.15) is 0 Å². The van der Waals surface area contributed by atoms with Gasteiger partial charge >= 0.3 is 0 Å². The normalized spacial score (nSPS) is 15.7. The summed E-state index contributed by atoms with van der Waals surface area (Å²) < 4.78 is 12.3. The first kappa shape index (κ1) is 18.3. The highest BCUT2D eigenvalue weighted by Crippen LogP contribution is 2.37. The zero-order chi connectivity index (χ0) is 19.8. The summed E-state index contributed by atoms with van der Waals surface area (Å²) in [5.74, 6) is 1.32. The number of hydrogen-bond acceptors (Lipinski definition) is 8. The highest BCUT2D eigenvalue weighted by Gasteiger charge is 2.30. The molecule has 10 heteroatoms. The first-order chi connectivity index (χ1) is 14.1. The summed E-state index contributed by atoms with van der Waals surface area (Å²) in [6.07, 6.45) is 2.85. The molecule has 2 aromatic heterocycles. The molecule has 0 unspecified atom stereocenters. The van der Waals surface area contributed by atoms with Crippen molar-refractivity contribution in [1.29, 1.82) is 0 Å². The summed E-state index contributed by atoms with van der Waals surface area (Å²) >= 11 is 2.71. The standard InChI is InChI=1S/C19H18N4O4S2/c24-16(6-11-9-28-18(20-11)23-17(25)10-2-3-10)22-19-21-12-7-13-14(8-15(12)29-19)27-5-1-4-26-13/h7-10H,1-6H2,(H,20,23,25)(H,21,22,24). The van der Waals surface area contributed by atoms with Crippen molar-refractivity contribution in [3.8, 4) is 11.5 Å². The van der Waals surface area contributed by atoms with Crippen LogP contribution in [-0.2, 0) is 16.0 Å². The van der Waals surface area contributed by atoms with Gasteiger partial charge in [-0.3, -0.25) is 9.59 Å². The maximum atomic E-state index is 12.4. The summed E-state index contributed by atoms with van der Waals surface area (Å²) in [4.78, 5) is 33.0. The number of hydrogen-bond donors (Lipinski definition) is 2. The van der Waals surface area contributed by atoms with Gasteiger partial charge in [-0.25, -0.2) is 9.97 Å². The molecule has 5 rings (SSSR count). The molecule has 8 nitrogen and oxygen atoms in total. The molecule has 1 fully saturated rings. The first-order valence-electron chi connectivity index (χ1n) is 9.39. The summed E-state index contributed by atoms with van der Waals surface area (Å²) in [5.41, 5.74) is 1.38. The maximum Gasteiger partial charge on any atom is 0.232 e. The van der Waals surface area contributed by atoms with E-state index >= 15 is 0 Å². The molecule has 2 aliphatic rings. The smallest absolute Gasteiger partial charge is 0.232 e. The van der Waals surface area contributed by atoms with E-state index in [1.165, 1.54) is 22.7 Å². The van der Waals surface area contributed by atoms with E-state index in [1.54, 1.807) is 5.38 Å². The Hall–Kier alpha value is -2.72. The minimum Gasteiger partial charge on any atom is -0.490 e. The number of fused-ring (bicyclic) bond motifs is 2. The Morgan fingerprint density at radius 1 is 1.07 bits per heavy atom. The Morgan fingerprint density at radius 3 is 2.66 bits per heavy atom. The number of ether oxygens (including phenoxy) is 2. The molecule has 2 amide bonds. The molecule has 3 aromatic rings. The van der Waals surface area contributed by atoms with Crippen LogP contribution in [0.5, 0.6) is 11.5 Å². The SMILES string of the molecule is O=C(Cc1csc(NC(=O)C2CC2)n1)Nc1nc2cc3c(cc2s1)OCCCO3. The number of thiazole rings is 2. The third-order valence-electron chi connectivity index (χ3n) is 4.58. The second-order valence-corrected chi connectivity index (χ2v) is 8.86. The van der Waals surface area contributed by atoms with Gasteiger partial charge in [0.1, 0.15) is 0 Å². The molecule has 0 saturated heterocycles. The van der Waals surface area contributed by atoms with Gasteiger partial charge in [0.2, 0.25) is 11.8 Å². The number of carbonyl (C=O) groups is 2. The van der Waals surface area contributed by atoms with Gasteiger partial charge in [-0.1, -0.05) is 11.3 Å². The van der Waals surface area contributed by atoms with Crippen molar-refractivity contribution in [3.63, 3.8) is 0 Å². The van der Waals surface area contributed by atoms with Gasteiger partial charge in [0, 0.05) is 29.9 Å². The average Bonchev–Trinajstić information content (AvgIpc) is 3.40. The summed E-state index contributed by atoms with van der Waals surface area (Å²) in [6, 6.07) is 3.75. The third-order valence-corrected chi connectivity index (χ3v) is 6.32. The molecule has 0 atom stereocenters. The minimum absolute atomic E-state index is 0.0104. The van der Waals surface area contributed by atoms with Crippen LogP contribution in [0.4, 0.5) is 10.3 Å². The van der Waals surface area contributed by atoms with Gasteiger partial charge in [-0.05, 0) is 12.8 Å². The number of rotatable bonds is 5. The lowest BCUT2D eigenvalue weighted by molar-refractivity contribution is -0.117. The number of benzene rings is 1. The molecule has 2 N–H and O–H groups in total. The van der Waals surface area contributed by atoms with Crippen LogP contribution in [0.3, 0.4) is 0 Å². The summed E-state index contributed by atoms with van der Waals surface area (Å²) in [7, 11) is 0. The highest BCUT2D eigenvalue weighted by atomic mass is 32.1. The fourth-order valence-corrected chi connectivity index (χ4v) is 4.57. The molecule has 0 bridgehead atoms. The lowest BCUT2D eigenvalue weighted by Crippen LogP contribution is -2.15. The Kier molecular flexibility index (Phi) is 4.80. The van der Waals surface area contributed by atoms with Gasteiger partial charge in [0.05, 0.1) is 35.5 Å². The van der Waals surface area contributed by atoms with Gasteiger partial charge in [0.15, 0.2) is 21.8 Å². The van der Waals surface area contributed by atoms with Crippen LogP contribution in [0.15, 0.2) is 17.5 Å². The van der Waals surface area contributed by atoms with Crippen LogP contribution in [-0.4, -0.2) is 35.0 Å². The van der Waals surface area contributed by atoms with E-state index in [9.17, 15) is 9.59 Å². The Morgan fingerprint density at radius 2 is 1.86 bits per heavy atom. The second-order valence-electron chi connectivity index (χ2n) is 6.97. The minimum atomic E-state index is -0.205. The fraction of sp³-hybridized carbons (Fsp3) is 0.368. The summed E-state index contributed by atoms with van der Waals surface area (Å²) in [5, 5.41) is 8.46. The average molecular weight is 431 g/mol. The van der Waals surface area contributed by atoms with Gasteiger partial charge < -0.3 is 20.1 Å². The van der Waals surface area contributed by atoms with E-state index in [-0.39, 0.29) is 24.2 Å². The van der Waals surface area contributed by atoms with E-state index in [1.807, 2.05) is 12.1 Å².